The van der Waals surface area contributed by atoms with Crippen LogP contribution in [0.4, 0.5) is 8.78 Å². The molecule has 0 saturated heterocycles. The Morgan fingerprint density at radius 3 is 2.62 bits per heavy atom. The second kappa shape index (κ2) is 9.49. The van der Waals surface area contributed by atoms with Crippen LogP contribution in [-0.2, 0) is 13.2 Å². The van der Waals surface area contributed by atoms with Crippen molar-refractivity contribution in [3.8, 4) is 16.9 Å². The van der Waals surface area contributed by atoms with E-state index in [0.717, 1.165) is 12.8 Å². The van der Waals surface area contributed by atoms with Crippen LogP contribution in [0.2, 0.25) is 0 Å². The summed E-state index contributed by atoms with van der Waals surface area (Å²) in [6, 6.07) is 14.1. The number of carbonyl (C=O) groups excluding carboxylic acids is 1. The summed E-state index contributed by atoms with van der Waals surface area (Å²) in [4.78, 5) is 13.0. The van der Waals surface area contributed by atoms with E-state index < -0.39 is 5.82 Å². The summed E-state index contributed by atoms with van der Waals surface area (Å²) < 4.78 is 33.6. The lowest BCUT2D eigenvalue weighted by molar-refractivity contribution is 0.0946. The van der Waals surface area contributed by atoms with Crippen molar-refractivity contribution < 1.29 is 23.4 Å². The average molecular weight is 437 g/mol. The molecule has 0 heterocycles. The first-order chi connectivity index (χ1) is 15.4. The lowest BCUT2D eigenvalue weighted by Gasteiger charge is -2.15. The van der Waals surface area contributed by atoms with Gasteiger partial charge in [-0.05, 0) is 83.8 Å². The van der Waals surface area contributed by atoms with Crippen molar-refractivity contribution in [2.24, 2.45) is 5.92 Å². The third-order valence-corrected chi connectivity index (χ3v) is 5.64. The van der Waals surface area contributed by atoms with Gasteiger partial charge in [0.15, 0.2) is 0 Å². The topological polar surface area (TPSA) is 58.6 Å². The summed E-state index contributed by atoms with van der Waals surface area (Å²) in [7, 11) is 0. The Morgan fingerprint density at radius 2 is 1.91 bits per heavy atom. The smallest absolute Gasteiger partial charge is 0.255 e. The lowest BCUT2D eigenvalue weighted by Crippen LogP contribution is -2.24. The Labute approximate surface area is 185 Å². The lowest BCUT2D eigenvalue weighted by atomic mass is 9.97. The minimum Gasteiger partial charge on any atom is -0.492 e. The van der Waals surface area contributed by atoms with E-state index in [2.05, 4.69) is 5.32 Å². The zero-order valence-corrected chi connectivity index (χ0v) is 17.8. The largest absolute Gasteiger partial charge is 0.492 e. The number of carbonyl (C=O) groups is 1. The number of rotatable bonds is 8. The fraction of sp³-hybridized carbons (Fsp3) is 0.269. The fourth-order valence-corrected chi connectivity index (χ4v) is 3.47. The monoisotopic (exact) mass is 437 g/mol. The molecule has 0 radical (unpaired) electrons. The molecule has 1 fully saturated rings. The van der Waals surface area contributed by atoms with Gasteiger partial charge >= 0.3 is 0 Å². The van der Waals surface area contributed by atoms with E-state index in [9.17, 15) is 18.7 Å². The van der Waals surface area contributed by atoms with Gasteiger partial charge in [0.1, 0.15) is 17.4 Å². The van der Waals surface area contributed by atoms with Gasteiger partial charge in [0.05, 0.1) is 18.8 Å². The van der Waals surface area contributed by atoms with Crippen molar-refractivity contribution in [1.82, 2.24) is 5.32 Å². The van der Waals surface area contributed by atoms with Crippen molar-refractivity contribution in [2.75, 3.05) is 6.61 Å². The summed E-state index contributed by atoms with van der Waals surface area (Å²) in [5.41, 5.74) is 3.15. The van der Waals surface area contributed by atoms with Crippen molar-refractivity contribution in [2.45, 2.75) is 32.9 Å². The van der Waals surface area contributed by atoms with E-state index in [1.165, 1.54) is 24.3 Å². The molecule has 0 unspecified atom stereocenters. The van der Waals surface area contributed by atoms with Gasteiger partial charge in [-0.2, -0.15) is 0 Å². The van der Waals surface area contributed by atoms with Crippen molar-refractivity contribution in [1.29, 1.82) is 0 Å². The summed E-state index contributed by atoms with van der Waals surface area (Å²) in [6.45, 7) is 2.12. The molecule has 0 bridgehead atoms. The highest BCUT2D eigenvalue weighted by atomic mass is 19.1. The van der Waals surface area contributed by atoms with Gasteiger partial charge in [-0.3, -0.25) is 4.79 Å². The molecule has 1 amide bonds. The maximum atomic E-state index is 13.9. The predicted molar refractivity (Wildman–Crippen MR) is 118 cm³/mol. The summed E-state index contributed by atoms with van der Waals surface area (Å²) in [6.07, 6.45) is 2.23. The highest BCUT2D eigenvalue weighted by molar-refractivity contribution is 5.98. The maximum absolute atomic E-state index is 13.9. The highest BCUT2D eigenvalue weighted by Gasteiger charge is 2.23. The molecular weight excluding hydrogens is 412 g/mol. The fourth-order valence-electron chi connectivity index (χ4n) is 3.47. The number of nitrogens with one attached hydrogen (secondary N) is 1. The van der Waals surface area contributed by atoms with Crippen LogP contribution in [0.5, 0.6) is 5.75 Å². The number of ether oxygens (including phenoxy) is 1. The molecule has 1 aliphatic carbocycles. The maximum Gasteiger partial charge on any atom is 0.255 e. The van der Waals surface area contributed by atoms with Crippen LogP contribution in [-0.4, -0.2) is 17.6 Å². The van der Waals surface area contributed by atoms with Crippen LogP contribution in [0.15, 0.2) is 54.6 Å². The Balaban J connectivity index is 1.62. The molecule has 2 N–H and O–H groups in total. The second-order valence-corrected chi connectivity index (χ2v) is 8.19. The van der Waals surface area contributed by atoms with Gasteiger partial charge in [0.25, 0.3) is 5.91 Å². The van der Waals surface area contributed by atoms with E-state index in [-0.39, 0.29) is 24.9 Å². The summed E-state index contributed by atoms with van der Waals surface area (Å²) in [5.74, 6) is -0.186. The van der Waals surface area contributed by atoms with Gasteiger partial charge < -0.3 is 15.2 Å². The minimum atomic E-state index is -0.432. The first kappa shape index (κ1) is 22.0. The molecule has 1 aliphatic rings. The molecule has 0 aromatic heterocycles. The first-order valence-corrected chi connectivity index (χ1v) is 10.6. The van der Waals surface area contributed by atoms with Gasteiger partial charge in [0, 0.05) is 6.54 Å². The predicted octanol–water partition coefficient (Wildman–Crippen LogP) is 5.15. The summed E-state index contributed by atoms with van der Waals surface area (Å²) >= 11 is 0. The standard InChI is InChI=1S/C26H25F2NO3/c1-16-2-3-18(10-24(16)28)13-29-26(31)23-11-19(7-9-25(23)32-15-17-4-5-17)22-12-21(27)8-6-20(22)14-30/h2-3,6-12,17,30H,4-5,13-15H2,1H3,(H,29,31). The normalized spacial score (nSPS) is 13.1. The minimum absolute atomic E-state index is 0.157. The van der Waals surface area contributed by atoms with Crippen LogP contribution in [0.3, 0.4) is 0 Å². The van der Waals surface area contributed by atoms with Crippen LogP contribution < -0.4 is 10.1 Å². The van der Waals surface area contributed by atoms with E-state index in [1.807, 2.05) is 0 Å². The van der Waals surface area contributed by atoms with Gasteiger partial charge in [0.2, 0.25) is 0 Å². The molecule has 1 saturated carbocycles. The number of aliphatic hydroxyl groups is 1. The van der Waals surface area contributed by atoms with Crippen LogP contribution in [0.25, 0.3) is 11.1 Å². The third-order valence-electron chi connectivity index (χ3n) is 5.64. The zero-order valence-electron chi connectivity index (χ0n) is 17.8. The van der Waals surface area contributed by atoms with E-state index >= 15 is 0 Å². The van der Waals surface area contributed by atoms with Crippen molar-refractivity contribution in [3.05, 3.63) is 88.5 Å². The van der Waals surface area contributed by atoms with E-state index in [1.54, 1.807) is 37.3 Å². The number of benzene rings is 3. The molecule has 0 atom stereocenters. The number of aliphatic hydroxyl groups excluding tert-OH is 1. The molecule has 3 aromatic rings. The van der Waals surface area contributed by atoms with Crippen LogP contribution in [0.1, 0.15) is 39.9 Å². The molecule has 4 nitrogen and oxygen atoms in total. The first-order valence-electron chi connectivity index (χ1n) is 10.6. The number of aryl methyl sites for hydroxylation is 1. The zero-order chi connectivity index (χ0) is 22.7. The number of hydrogen-bond acceptors (Lipinski definition) is 3. The number of amides is 1. The number of hydrogen-bond donors (Lipinski definition) is 2. The summed E-state index contributed by atoms with van der Waals surface area (Å²) in [5, 5.41) is 12.5. The van der Waals surface area contributed by atoms with E-state index in [0.29, 0.717) is 51.7 Å². The van der Waals surface area contributed by atoms with Gasteiger partial charge in [-0.25, -0.2) is 8.78 Å². The molecule has 6 heteroatoms. The Hall–Kier alpha value is -3.25. The van der Waals surface area contributed by atoms with Crippen molar-refractivity contribution in [3.63, 3.8) is 0 Å². The third kappa shape index (κ3) is 5.14. The van der Waals surface area contributed by atoms with E-state index in [4.69, 9.17) is 4.74 Å². The van der Waals surface area contributed by atoms with Gasteiger partial charge in [-0.15, -0.1) is 0 Å². The Morgan fingerprint density at radius 1 is 1.09 bits per heavy atom. The SMILES string of the molecule is Cc1ccc(CNC(=O)c2cc(-c3cc(F)ccc3CO)ccc2OCC2CC2)cc1F. The highest BCUT2D eigenvalue weighted by Crippen LogP contribution is 2.33. The van der Waals surface area contributed by atoms with Crippen LogP contribution >= 0.6 is 0 Å². The molecule has 32 heavy (non-hydrogen) atoms. The van der Waals surface area contributed by atoms with Crippen molar-refractivity contribution >= 4 is 5.91 Å². The van der Waals surface area contributed by atoms with Crippen LogP contribution in [0, 0.1) is 24.5 Å². The molecule has 0 spiro atoms. The second-order valence-electron chi connectivity index (χ2n) is 8.19. The number of halogens is 2. The molecule has 0 aliphatic heterocycles. The van der Waals surface area contributed by atoms with Gasteiger partial charge in [-0.1, -0.05) is 24.3 Å². The molecule has 166 valence electrons. The molecule has 4 rings (SSSR count). The Bertz CT molecular complexity index is 1140. The average Bonchev–Trinajstić information content (AvgIpc) is 3.62. The Kier molecular flexibility index (Phi) is 6.51. The molecule has 3 aromatic carbocycles. The molecular formula is C26H25F2NO3. The quantitative estimate of drug-likeness (QED) is 0.512.